The number of rotatable bonds is 1. The van der Waals surface area contributed by atoms with Gasteiger partial charge in [-0.25, -0.2) is 4.79 Å². The number of ether oxygens (including phenoxy) is 2. The van der Waals surface area contributed by atoms with Crippen molar-refractivity contribution in [1.29, 1.82) is 0 Å². The second-order valence-corrected chi connectivity index (χ2v) is 9.31. The number of carbonyl (C=O) groups excluding carboxylic acids is 1. The van der Waals surface area contributed by atoms with Gasteiger partial charge >= 0.3 is 6.16 Å². The van der Waals surface area contributed by atoms with Gasteiger partial charge in [-0.2, -0.15) is 0 Å². The molecule has 4 heteroatoms. The molecule has 3 fully saturated rings. The van der Waals surface area contributed by atoms with Gasteiger partial charge in [0.05, 0.1) is 13.2 Å². The van der Waals surface area contributed by atoms with Crippen LogP contribution in [0.2, 0.25) is 0 Å². The molecule has 0 unspecified atom stereocenters. The third-order valence-electron chi connectivity index (χ3n) is 8.41. The molecule has 0 aromatic carbocycles. The molecule has 1 N–H and O–H groups in total. The summed E-state index contributed by atoms with van der Waals surface area (Å²) in [7, 11) is 1.39. The highest BCUT2D eigenvalue weighted by Gasteiger charge is 2.60. The number of allylic oxidation sites excluding steroid dienone is 1. The number of hydrogen-bond acceptors (Lipinski definition) is 4. The minimum atomic E-state index is -0.531. The fourth-order valence-corrected chi connectivity index (χ4v) is 7.02. The summed E-state index contributed by atoms with van der Waals surface area (Å²) < 4.78 is 10.4. The lowest BCUT2D eigenvalue weighted by atomic mass is 9.47. The molecule has 4 aliphatic carbocycles. The lowest BCUT2D eigenvalue weighted by Gasteiger charge is -2.58. The number of fused-ring (bicyclic) bond motifs is 5. The molecule has 0 amide bonds. The molecule has 7 atom stereocenters. The lowest BCUT2D eigenvalue weighted by molar-refractivity contribution is -0.0866. The first kappa shape index (κ1) is 17.4. The fourth-order valence-electron chi connectivity index (χ4n) is 7.02. The SMILES string of the molecule is COC(=O)O[C@H]1CC[C@H]2[C@@H]3CCC4=C[C@H](O)CC[C@]4(C)[C@H]3CC[C@]12C. The predicted molar refractivity (Wildman–Crippen MR) is 95.0 cm³/mol. The van der Waals surface area contributed by atoms with Crippen LogP contribution in [0.15, 0.2) is 11.6 Å². The van der Waals surface area contributed by atoms with E-state index in [9.17, 15) is 9.90 Å². The average molecular weight is 348 g/mol. The van der Waals surface area contributed by atoms with Gasteiger partial charge in [0.25, 0.3) is 0 Å². The Morgan fingerprint density at radius 1 is 1.12 bits per heavy atom. The molecular formula is C21H32O4. The van der Waals surface area contributed by atoms with E-state index in [2.05, 4.69) is 19.9 Å². The number of hydrogen-bond donors (Lipinski definition) is 1. The Morgan fingerprint density at radius 3 is 2.68 bits per heavy atom. The molecule has 0 spiro atoms. The molecule has 0 radical (unpaired) electrons. The Morgan fingerprint density at radius 2 is 1.92 bits per heavy atom. The molecule has 0 saturated heterocycles. The van der Waals surface area contributed by atoms with Crippen LogP contribution in [0.1, 0.15) is 65.2 Å². The van der Waals surface area contributed by atoms with Crippen molar-refractivity contribution < 1.29 is 19.4 Å². The van der Waals surface area contributed by atoms with Crippen LogP contribution in [0, 0.1) is 28.6 Å². The summed E-state index contributed by atoms with van der Waals surface area (Å²) in [5, 5.41) is 10.1. The topological polar surface area (TPSA) is 55.8 Å². The first-order chi connectivity index (χ1) is 11.9. The normalized spacial score (nSPS) is 48.6. The summed E-state index contributed by atoms with van der Waals surface area (Å²) in [5.74, 6) is 2.09. The Hall–Kier alpha value is -1.03. The van der Waals surface area contributed by atoms with E-state index in [1.807, 2.05) is 0 Å². The monoisotopic (exact) mass is 348 g/mol. The van der Waals surface area contributed by atoms with E-state index in [0.717, 1.165) is 50.4 Å². The van der Waals surface area contributed by atoms with Gasteiger partial charge in [0, 0.05) is 5.41 Å². The molecular weight excluding hydrogens is 316 g/mol. The van der Waals surface area contributed by atoms with Crippen LogP contribution in [0.3, 0.4) is 0 Å². The molecule has 4 rings (SSSR count). The maximum atomic E-state index is 11.7. The largest absolute Gasteiger partial charge is 0.508 e. The third kappa shape index (κ3) is 2.55. The lowest BCUT2D eigenvalue weighted by Crippen LogP contribution is -2.51. The van der Waals surface area contributed by atoms with Gasteiger partial charge < -0.3 is 14.6 Å². The van der Waals surface area contributed by atoms with E-state index in [1.165, 1.54) is 25.5 Å². The van der Waals surface area contributed by atoms with E-state index < -0.39 is 6.16 Å². The highest BCUT2D eigenvalue weighted by Crippen LogP contribution is 2.65. The standard InChI is InChI=1S/C21H32O4/c1-20-10-8-14(22)12-13(20)4-5-15-16-6-7-18(25-19(23)24-3)21(16,2)11-9-17(15)20/h12,14-18,22H,4-11H2,1-3H3/t14-,15+,16+,17+,18+,20+,21+/m1/s1. The fraction of sp³-hybridized carbons (Fsp3) is 0.857. The molecule has 4 nitrogen and oxygen atoms in total. The first-order valence-electron chi connectivity index (χ1n) is 10.0. The smallest absolute Gasteiger partial charge is 0.438 e. The van der Waals surface area contributed by atoms with Crippen LogP contribution < -0.4 is 0 Å². The molecule has 140 valence electrons. The third-order valence-corrected chi connectivity index (χ3v) is 8.41. The van der Waals surface area contributed by atoms with Crippen molar-refractivity contribution >= 4 is 6.16 Å². The number of aliphatic hydroxyl groups excluding tert-OH is 1. The van der Waals surface area contributed by atoms with Crippen LogP contribution >= 0.6 is 0 Å². The zero-order valence-corrected chi connectivity index (χ0v) is 15.8. The average Bonchev–Trinajstić information content (AvgIpc) is 2.92. The van der Waals surface area contributed by atoms with E-state index in [1.54, 1.807) is 0 Å². The number of carbonyl (C=O) groups is 1. The quantitative estimate of drug-likeness (QED) is 0.561. The van der Waals surface area contributed by atoms with Crippen LogP contribution in [-0.2, 0) is 9.47 Å². The van der Waals surface area contributed by atoms with Gasteiger partial charge in [-0.05, 0) is 74.5 Å². The Balaban J connectivity index is 1.58. The van der Waals surface area contributed by atoms with Gasteiger partial charge in [-0.15, -0.1) is 0 Å². The highest BCUT2D eigenvalue weighted by molar-refractivity contribution is 5.60. The van der Waals surface area contributed by atoms with Crippen LogP contribution in [0.25, 0.3) is 0 Å². The summed E-state index contributed by atoms with van der Waals surface area (Å²) in [4.78, 5) is 11.7. The van der Waals surface area contributed by atoms with Crippen molar-refractivity contribution in [1.82, 2.24) is 0 Å². The van der Waals surface area contributed by atoms with Gasteiger partial charge in [-0.3, -0.25) is 0 Å². The molecule has 0 aromatic rings. The number of methoxy groups -OCH3 is 1. The van der Waals surface area contributed by atoms with Gasteiger partial charge in [0.1, 0.15) is 6.10 Å². The van der Waals surface area contributed by atoms with Crippen molar-refractivity contribution in [3.63, 3.8) is 0 Å². The molecule has 0 aliphatic heterocycles. The van der Waals surface area contributed by atoms with Crippen molar-refractivity contribution in [2.45, 2.75) is 77.4 Å². The van der Waals surface area contributed by atoms with Crippen molar-refractivity contribution in [2.24, 2.45) is 28.6 Å². The molecule has 3 saturated carbocycles. The Kier molecular flexibility index (Phi) is 4.18. The predicted octanol–water partition coefficient (Wildman–Crippen LogP) is 4.46. The Bertz CT molecular complexity index is 584. The zero-order valence-electron chi connectivity index (χ0n) is 15.8. The minimum absolute atomic E-state index is 0.00354. The zero-order chi connectivity index (χ0) is 17.8. The molecule has 4 aliphatic rings. The molecule has 0 aromatic heterocycles. The second kappa shape index (κ2) is 6.00. The summed E-state index contributed by atoms with van der Waals surface area (Å²) in [5.41, 5.74) is 1.88. The van der Waals surface area contributed by atoms with E-state index >= 15 is 0 Å². The van der Waals surface area contributed by atoms with Crippen LogP contribution in [0.5, 0.6) is 0 Å². The minimum Gasteiger partial charge on any atom is -0.438 e. The van der Waals surface area contributed by atoms with Gasteiger partial charge in [-0.1, -0.05) is 25.5 Å². The summed E-state index contributed by atoms with van der Waals surface area (Å²) >= 11 is 0. The molecule has 0 heterocycles. The summed E-state index contributed by atoms with van der Waals surface area (Å²) in [6.07, 6.45) is 10.2. The summed E-state index contributed by atoms with van der Waals surface area (Å²) in [6, 6.07) is 0. The van der Waals surface area contributed by atoms with Crippen molar-refractivity contribution in [3.8, 4) is 0 Å². The van der Waals surface area contributed by atoms with E-state index in [-0.39, 0.29) is 23.0 Å². The maximum absolute atomic E-state index is 11.7. The maximum Gasteiger partial charge on any atom is 0.508 e. The second-order valence-electron chi connectivity index (χ2n) is 9.31. The first-order valence-corrected chi connectivity index (χ1v) is 10.0. The van der Waals surface area contributed by atoms with E-state index in [4.69, 9.17) is 9.47 Å². The van der Waals surface area contributed by atoms with Crippen molar-refractivity contribution in [2.75, 3.05) is 7.11 Å². The van der Waals surface area contributed by atoms with Crippen LogP contribution in [0.4, 0.5) is 4.79 Å². The van der Waals surface area contributed by atoms with Crippen LogP contribution in [-0.4, -0.2) is 30.6 Å². The van der Waals surface area contributed by atoms with Crippen molar-refractivity contribution in [3.05, 3.63) is 11.6 Å². The molecule has 0 bridgehead atoms. The van der Waals surface area contributed by atoms with Gasteiger partial charge in [0.15, 0.2) is 0 Å². The highest BCUT2D eigenvalue weighted by atomic mass is 16.7. The Labute approximate surface area is 151 Å². The number of aliphatic hydroxyl groups is 1. The van der Waals surface area contributed by atoms with Gasteiger partial charge in [0.2, 0.25) is 0 Å². The van der Waals surface area contributed by atoms with E-state index in [0.29, 0.717) is 5.92 Å². The molecule has 25 heavy (non-hydrogen) atoms. The summed E-state index contributed by atoms with van der Waals surface area (Å²) in [6.45, 7) is 4.79.